The molecule has 4 rings (SSSR count). The Labute approximate surface area is 157 Å². The molecule has 7 heteroatoms. The molecule has 1 fully saturated rings. The zero-order valence-electron chi connectivity index (χ0n) is 15.3. The molecule has 26 heavy (non-hydrogen) atoms. The molecular formula is C19H25N5OS. The Hall–Kier alpha value is -2.02. The van der Waals surface area contributed by atoms with E-state index in [4.69, 9.17) is 0 Å². The van der Waals surface area contributed by atoms with Crippen molar-refractivity contribution < 1.29 is 4.79 Å². The number of thioether (sulfide) groups is 1. The third-order valence-electron chi connectivity index (χ3n) is 5.03. The zero-order chi connectivity index (χ0) is 18.1. The first kappa shape index (κ1) is 17.4. The van der Waals surface area contributed by atoms with Gasteiger partial charge in [0.15, 0.2) is 5.16 Å². The Morgan fingerprint density at radius 3 is 2.65 bits per heavy atom. The maximum atomic E-state index is 12.3. The van der Waals surface area contributed by atoms with E-state index in [1.54, 1.807) is 0 Å². The summed E-state index contributed by atoms with van der Waals surface area (Å²) in [4.78, 5) is 12.3. The molecule has 1 aliphatic rings. The SMILES string of the molecule is CC(C)n1c2ccccc2n2c(SCC(=O)NC3CCCCC3)nnc12. The van der Waals surface area contributed by atoms with Gasteiger partial charge in [0.05, 0.1) is 16.8 Å². The van der Waals surface area contributed by atoms with Gasteiger partial charge in [-0.05, 0) is 38.8 Å². The summed E-state index contributed by atoms with van der Waals surface area (Å²) in [6, 6.07) is 8.88. The van der Waals surface area contributed by atoms with Crippen LogP contribution < -0.4 is 5.32 Å². The molecule has 0 radical (unpaired) electrons. The normalized spacial score (nSPS) is 16.0. The molecule has 138 valence electrons. The second kappa shape index (κ2) is 7.31. The maximum absolute atomic E-state index is 12.3. The van der Waals surface area contributed by atoms with Crippen LogP contribution in [0.5, 0.6) is 0 Å². The van der Waals surface area contributed by atoms with Crippen LogP contribution in [0, 0.1) is 0 Å². The van der Waals surface area contributed by atoms with Gasteiger partial charge >= 0.3 is 0 Å². The quantitative estimate of drug-likeness (QED) is 0.693. The molecule has 0 unspecified atom stereocenters. The number of imidazole rings is 1. The molecular weight excluding hydrogens is 346 g/mol. The predicted molar refractivity (Wildman–Crippen MR) is 105 cm³/mol. The highest BCUT2D eigenvalue weighted by atomic mass is 32.2. The molecule has 0 atom stereocenters. The summed E-state index contributed by atoms with van der Waals surface area (Å²) in [6.07, 6.45) is 5.94. The van der Waals surface area contributed by atoms with Crippen LogP contribution in [0.1, 0.15) is 52.0 Å². The minimum Gasteiger partial charge on any atom is -0.353 e. The number of nitrogens with one attached hydrogen (secondary N) is 1. The van der Waals surface area contributed by atoms with E-state index in [9.17, 15) is 4.79 Å². The third kappa shape index (κ3) is 3.20. The lowest BCUT2D eigenvalue weighted by atomic mass is 9.95. The van der Waals surface area contributed by atoms with Gasteiger partial charge in [-0.2, -0.15) is 0 Å². The lowest BCUT2D eigenvalue weighted by molar-refractivity contribution is -0.119. The van der Waals surface area contributed by atoms with Crippen molar-refractivity contribution in [3.8, 4) is 0 Å². The Bertz CT molecular complexity index is 923. The van der Waals surface area contributed by atoms with Gasteiger partial charge in [-0.25, -0.2) is 0 Å². The van der Waals surface area contributed by atoms with Crippen molar-refractivity contribution in [1.82, 2.24) is 24.5 Å². The summed E-state index contributed by atoms with van der Waals surface area (Å²) in [5.74, 6) is 1.29. The number of hydrogen-bond acceptors (Lipinski definition) is 4. The highest BCUT2D eigenvalue weighted by molar-refractivity contribution is 7.99. The van der Waals surface area contributed by atoms with Gasteiger partial charge in [0, 0.05) is 12.1 Å². The zero-order valence-corrected chi connectivity index (χ0v) is 16.1. The molecule has 1 aromatic carbocycles. The fraction of sp³-hybridized carbons (Fsp3) is 0.526. The second-order valence-corrected chi connectivity index (χ2v) is 8.20. The lowest BCUT2D eigenvalue weighted by Crippen LogP contribution is -2.37. The van der Waals surface area contributed by atoms with Gasteiger partial charge in [0.25, 0.3) is 0 Å². The van der Waals surface area contributed by atoms with Crippen LogP contribution in [-0.4, -0.2) is 36.9 Å². The van der Waals surface area contributed by atoms with Crippen molar-refractivity contribution in [3.05, 3.63) is 24.3 Å². The van der Waals surface area contributed by atoms with Crippen LogP contribution >= 0.6 is 11.8 Å². The number of benzene rings is 1. The van der Waals surface area contributed by atoms with E-state index in [0.29, 0.717) is 11.8 Å². The van der Waals surface area contributed by atoms with Crippen molar-refractivity contribution in [1.29, 1.82) is 0 Å². The topological polar surface area (TPSA) is 64.2 Å². The van der Waals surface area contributed by atoms with Crippen molar-refractivity contribution in [2.45, 2.75) is 63.2 Å². The Morgan fingerprint density at radius 1 is 1.19 bits per heavy atom. The molecule has 0 spiro atoms. The van der Waals surface area contributed by atoms with Gasteiger partial charge in [0.1, 0.15) is 0 Å². The van der Waals surface area contributed by atoms with Crippen molar-refractivity contribution in [2.24, 2.45) is 0 Å². The van der Waals surface area contributed by atoms with E-state index in [-0.39, 0.29) is 11.9 Å². The monoisotopic (exact) mass is 371 g/mol. The molecule has 1 amide bonds. The smallest absolute Gasteiger partial charge is 0.237 e. The number of carbonyl (C=O) groups is 1. The van der Waals surface area contributed by atoms with Crippen LogP contribution in [0.4, 0.5) is 0 Å². The first-order valence-corrected chi connectivity index (χ1v) is 10.4. The number of rotatable bonds is 5. The van der Waals surface area contributed by atoms with Crippen LogP contribution in [0.2, 0.25) is 0 Å². The average Bonchev–Trinajstić information content (AvgIpc) is 3.18. The average molecular weight is 372 g/mol. The van der Waals surface area contributed by atoms with Crippen LogP contribution in [-0.2, 0) is 4.79 Å². The Kier molecular flexibility index (Phi) is 4.89. The largest absolute Gasteiger partial charge is 0.353 e. The van der Waals surface area contributed by atoms with Crippen molar-refractivity contribution >= 4 is 34.5 Å². The van der Waals surface area contributed by atoms with E-state index in [1.807, 2.05) is 12.1 Å². The van der Waals surface area contributed by atoms with Crippen LogP contribution in [0.15, 0.2) is 29.4 Å². The molecule has 1 N–H and O–H groups in total. The summed E-state index contributed by atoms with van der Waals surface area (Å²) >= 11 is 1.46. The van der Waals surface area contributed by atoms with Gasteiger partial charge in [0.2, 0.25) is 11.7 Å². The molecule has 1 saturated carbocycles. The fourth-order valence-corrected chi connectivity index (χ4v) is 4.59. The number of fused-ring (bicyclic) bond motifs is 3. The number of para-hydroxylation sites is 2. The fourth-order valence-electron chi connectivity index (χ4n) is 3.84. The van der Waals surface area contributed by atoms with Crippen molar-refractivity contribution in [2.75, 3.05) is 5.75 Å². The van der Waals surface area contributed by atoms with Gasteiger partial charge < -0.3 is 9.88 Å². The van der Waals surface area contributed by atoms with Crippen LogP contribution in [0.25, 0.3) is 16.8 Å². The first-order valence-electron chi connectivity index (χ1n) is 9.41. The van der Waals surface area contributed by atoms with Gasteiger partial charge in [-0.3, -0.25) is 9.20 Å². The Balaban J connectivity index is 1.55. The minimum absolute atomic E-state index is 0.0891. The number of carbonyl (C=O) groups excluding carboxylic acids is 1. The standard InChI is InChI=1S/C19H25N5OS/c1-13(2)23-15-10-6-7-11-16(15)24-18(23)21-22-19(24)26-12-17(25)20-14-8-4-3-5-9-14/h6-7,10-11,13-14H,3-5,8-9,12H2,1-2H3,(H,20,25). The lowest BCUT2D eigenvalue weighted by Gasteiger charge is -2.22. The van der Waals surface area contributed by atoms with E-state index in [2.05, 4.69) is 50.5 Å². The number of hydrogen-bond donors (Lipinski definition) is 1. The third-order valence-corrected chi connectivity index (χ3v) is 5.96. The molecule has 0 bridgehead atoms. The highest BCUT2D eigenvalue weighted by Crippen LogP contribution is 2.28. The van der Waals surface area contributed by atoms with Crippen molar-refractivity contribution in [3.63, 3.8) is 0 Å². The molecule has 0 aliphatic heterocycles. The Morgan fingerprint density at radius 2 is 1.92 bits per heavy atom. The van der Waals surface area contributed by atoms with Crippen LogP contribution in [0.3, 0.4) is 0 Å². The summed E-state index contributed by atoms with van der Waals surface area (Å²) in [7, 11) is 0. The molecule has 2 aromatic heterocycles. The number of nitrogens with zero attached hydrogens (tertiary/aromatic N) is 4. The summed E-state index contributed by atoms with van der Waals surface area (Å²) in [6.45, 7) is 4.29. The predicted octanol–water partition coefficient (Wildman–Crippen LogP) is 3.81. The van der Waals surface area contributed by atoms with E-state index in [1.165, 1.54) is 31.0 Å². The van der Waals surface area contributed by atoms with E-state index < -0.39 is 0 Å². The molecule has 0 saturated heterocycles. The summed E-state index contributed by atoms with van der Waals surface area (Å²) in [5, 5.41) is 12.7. The minimum atomic E-state index is 0.0891. The molecule has 2 heterocycles. The molecule has 3 aromatic rings. The summed E-state index contributed by atoms with van der Waals surface area (Å²) in [5.41, 5.74) is 2.22. The van der Waals surface area contributed by atoms with Gasteiger partial charge in [-0.15, -0.1) is 10.2 Å². The second-order valence-electron chi connectivity index (χ2n) is 7.26. The molecule has 6 nitrogen and oxygen atoms in total. The molecule has 1 aliphatic carbocycles. The number of aromatic nitrogens is 4. The van der Waals surface area contributed by atoms with E-state index >= 15 is 0 Å². The summed E-state index contributed by atoms with van der Waals surface area (Å²) < 4.78 is 4.25. The highest BCUT2D eigenvalue weighted by Gasteiger charge is 2.20. The number of amides is 1. The van der Waals surface area contributed by atoms with Gasteiger partial charge in [-0.1, -0.05) is 43.2 Å². The first-order chi connectivity index (χ1) is 12.6. The maximum Gasteiger partial charge on any atom is 0.237 e. The van der Waals surface area contributed by atoms with E-state index in [0.717, 1.165) is 34.8 Å².